The summed E-state index contributed by atoms with van der Waals surface area (Å²) in [5, 5.41) is 0. The number of hydrogen-bond donors (Lipinski definition) is 0. The van der Waals surface area contributed by atoms with Crippen LogP contribution in [0, 0.1) is 0 Å². The van der Waals surface area contributed by atoms with Gasteiger partial charge in [0, 0.05) is 12.8 Å². The summed E-state index contributed by atoms with van der Waals surface area (Å²) in [7, 11) is 1.16. The van der Waals surface area contributed by atoms with Crippen molar-refractivity contribution in [3.05, 3.63) is 72.9 Å². The number of esters is 2. The van der Waals surface area contributed by atoms with Crippen LogP contribution in [0.4, 0.5) is 0 Å². The average molecular weight is 1000 g/mol. The highest BCUT2D eigenvalue weighted by molar-refractivity contribution is 7.45. The van der Waals surface area contributed by atoms with Gasteiger partial charge in [-0.3, -0.25) is 14.2 Å². The van der Waals surface area contributed by atoms with Crippen molar-refractivity contribution in [3.63, 3.8) is 0 Å². The van der Waals surface area contributed by atoms with E-state index in [4.69, 9.17) is 18.5 Å². The minimum absolute atomic E-state index is 0.0350. The van der Waals surface area contributed by atoms with E-state index in [0.717, 1.165) is 83.5 Å². The Labute approximate surface area is 431 Å². The number of unbranched alkanes of at least 4 members (excludes halogenated alkanes) is 26. The summed E-state index contributed by atoms with van der Waals surface area (Å²) < 4.78 is 34.1. The zero-order chi connectivity index (χ0) is 51.3. The van der Waals surface area contributed by atoms with E-state index in [1.807, 2.05) is 21.1 Å². The third-order valence-electron chi connectivity index (χ3n) is 12.2. The van der Waals surface area contributed by atoms with E-state index in [2.05, 4.69) is 86.8 Å². The number of hydrogen-bond acceptors (Lipinski definition) is 8. The van der Waals surface area contributed by atoms with Crippen LogP contribution in [0.1, 0.15) is 245 Å². The average Bonchev–Trinajstić information content (AvgIpc) is 3.32. The molecule has 0 aromatic carbocycles. The topological polar surface area (TPSA) is 111 Å². The van der Waals surface area contributed by atoms with Crippen molar-refractivity contribution in [2.24, 2.45) is 0 Å². The molecule has 0 aliphatic carbocycles. The molecule has 0 spiro atoms. The monoisotopic (exact) mass is 1000 g/mol. The number of ether oxygens (including phenoxy) is 2. The molecule has 0 amide bonds. The summed E-state index contributed by atoms with van der Waals surface area (Å²) in [6.07, 6.45) is 66.6. The maximum Gasteiger partial charge on any atom is 0.306 e. The van der Waals surface area contributed by atoms with Crippen molar-refractivity contribution in [2.45, 2.75) is 251 Å². The lowest BCUT2D eigenvalue weighted by molar-refractivity contribution is -0.870. The number of likely N-dealkylation sites (N-methyl/N-ethyl adjacent to an activating group) is 1. The lowest BCUT2D eigenvalue weighted by Crippen LogP contribution is -2.37. The molecule has 0 aromatic rings. The standard InChI is InChI=1S/C60H108NO8P/c1-6-8-10-12-14-16-18-20-22-24-25-26-27-28-29-30-31-32-33-34-35-37-39-41-43-45-47-49-51-53-60(63)69-58(57-68-70(64,65)67-55-54-61(3,4)5)56-66-59(62)52-50-48-46-44-42-40-38-36-23-21-19-17-15-13-11-9-7-2/h9,11,15,17-18,20-21,23-25,27-28,58H,6-8,10,12-14,16,19,22,26,29-57H2,1-5H3/b11-9-,17-15-,20-18-,23-21-,25-24-,28-27-. The summed E-state index contributed by atoms with van der Waals surface area (Å²) in [5.41, 5.74) is 0. The number of allylic oxidation sites excluding steroid dienone is 12. The molecule has 70 heavy (non-hydrogen) atoms. The summed E-state index contributed by atoms with van der Waals surface area (Å²) in [5.74, 6) is -0.844. The van der Waals surface area contributed by atoms with Crippen molar-refractivity contribution in [2.75, 3.05) is 47.5 Å². The van der Waals surface area contributed by atoms with E-state index in [0.29, 0.717) is 17.4 Å². The van der Waals surface area contributed by atoms with Gasteiger partial charge >= 0.3 is 11.9 Å². The Morgan fingerprint density at radius 1 is 0.457 bits per heavy atom. The summed E-state index contributed by atoms with van der Waals surface area (Å²) in [6.45, 7) is 4.11. The van der Waals surface area contributed by atoms with Crippen molar-refractivity contribution in [3.8, 4) is 0 Å². The zero-order valence-corrected chi connectivity index (χ0v) is 46.8. The van der Waals surface area contributed by atoms with Crippen LogP contribution in [-0.2, 0) is 32.7 Å². The summed E-state index contributed by atoms with van der Waals surface area (Å²) >= 11 is 0. The Morgan fingerprint density at radius 2 is 0.814 bits per heavy atom. The molecule has 2 unspecified atom stereocenters. The van der Waals surface area contributed by atoms with Crippen LogP contribution in [0.2, 0.25) is 0 Å². The van der Waals surface area contributed by atoms with Crippen LogP contribution in [0.15, 0.2) is 72.9 Å². The van der Waals surface area contributed by atoms with E-state index in [-0.39, 0.29) is 26.1 Å². The third-order valence-corrected chi connectivity index (χ3v) is 13.2. The van der Waals surface area contributed by atoms with Gasteiger partial charge in [-0.15, -0.1) is 0 Å². The SMILES string of the molecule is CC/C=C\C/C=C\C/C=C\CCCCCCCCCC(=O)OCC(COP(=O)([O-])OCC[N+](C)(C)C)OC(=O)CCCCCCCCCCCCCCCC/C=C\C/C=C\C/C=C\CCCCCCC. The van der Waals surface area contributed by atoms with Crippen LogP contribution < -0.4 is 4.89 Å². The minimum atomic E-state index is -4.64. The lowest BCUT2D eigenvalue weighted by atomic mass is 10.0. The predicted molar refractivity (Wildman–Crippen MR) is 296 cm³/mol. The number of nitrogens with zero attached hydrogens (tertiary/aromatic N) is 1. The van der Waals surface area contributed by atoms with Gasteiger partial charge in [-0.25, -0.2) is 0 Å². The van der Waals surface area contributed by atoms with Crippen LogP contribution in [0.5, 0.6) is 0 Å². The zero-order valence-electron chi connectivity index (χ0n) is 46.0. The molecule has 0 rings (SSSR count). The molecule has 10 heteroatoms. The highest BCUT2D eigenvalue weighted by Crippen LogP contribution is 2.38. The normalized spacial score (nSPS) is 13.9. The van der Waals surface area contributed by atoms with Crippen molar-refractivity contribution in [1.29, 1.82) is 0 Å². The van der Waals surface area contributed by atoms with Crippen molar-refractivity contribution >= 4 is 19.8 Å². The fourth-order valence-electron chi connectivity index (χ4n) is 7.80. The van der Waals surface area contributed by atoms with Gasteiger partial charge in [-0.1, -0.05) is 222 Å². The van der Waals surface area contributed by atoms with Crippen molar-refractivity contribution < 1.29 is 42.1 Å². The van der Waals surface area contributed by atoms with Gasteiger partial charge in [-0.05, 0) is 83.5 Å². The summed E-state index contributed by atoms with van der Waals surface area (Å²) in [4.78, 5) is 37.8. The Balaban J connectivity index is 4.14. The van der Waals surface area contributed by atoms with Crippen LogP contribution >= 0.6 is 7.82 Å². The molecular weight excluding hydrogens is 894 g/mol. The predicted octanol–water partition coefficient (Wildman–Crippen LogP) is 17.1. The molecule has 0 aliphatic rings. The first-order valence-corrected chi connectivity index (χ1v) is 30.1. The van der Waals surface area contributed by atoms with E-state index in [9.17, 15) is 19.0 Å². The molecule has 2 atom stereocenters. The second kappa shape index (κ2) is 51.4. The number of phosphoric ester groups is 1. The molecule has 0 bridgehead atoms. The van der Waals surface area contributed by atoms with E-state index < -0.39 is 32.5 Å². The molecule has 0 aliphatic heterocycles. The van der Waals surface area contributed by atoms with Crippen LogP contribution in [0.3, 0.4) is 0 Å². The lowest BCUT2D eigenvalue weighted by Gasteiger charge is -2.28. The molecule has 0 aromatic heterocycles. The van der Waals surface area contributed by atoms with E-state index >= 15 is 0 Å². The second-order valence-electron chi connectivity index (χ2n) is 20.3. The van der Waals surface area contributed by atoms with E-state index in [1.165, 1.54) is 128 Å². The molecule has 9 nitrogen and oxygen atoms in total. The van der Waals surface area contributed by atoms with Gasteiger partial charge in [-0.2, -0.15) is 0 Å². The highest BCUT2D eigenvalue weighted by atomic mass is 31.2. The minimum Gasteiger partial charge on any atom is -0.756 e. The van der Waals surface area contributed by atoms with Gasteiger partial charge in [0.2, 0.25) is 0 Å². The van der Waals surface area contributed by atoms with Gasteiger partial charge < -0.3 is 27.9 Å². The number of carbonyl (C=O) groups excluding carboxylic acids is 2. The van der Waals surface area contributed by atoms with Gasteiger partial charge in [0.15, 0.2) is 6.10 Å². The number of rotatable bonds is 52. The van der Waals surface area contributed by atoms with Gasteiger partial charge in [0.05, 0.1) is 27.7 Å². The maximum absolute atomic E-state index is 12.8. The molecule has 0 saturated carbocycles. The third kappa shape index (κ3) is 54.8. The molecule has 0 heterocycles. The van der Waals surface area contributed by atoms with Crippen molar-refractivity contribution in [1.82, 2.24) is 0 Å². The largest absolute Gasteiger partial charge is 0.756 e. The number of carbonyl (C=O) groups is 2. The van der Waals surface area contributed by atoms with Gasteiger partial charge in [0.25, 0.3) is 7.82 Å². The molecular formula is C60H108NO8P. The molecule has 406 valence electrons. The molecule has 0 saturated heterocycles. The first kappa shape index (κ1) is 67.5. The Hall–Kier alpha value is -2.55. The molecule has 0 fully saturated rings. The fraction of sp³-hybridized carbons (Fsp3) is 0.767. The second-order valence-corrected chi connectivity index (χ2v) is 21.7. The summed E-state index contributed by atoms with van der Waals surface area (Å²) in [6, 6.07) is 0. The Morgan fingerprint density at radius 3 is 1.21 bits per heavy atom. The van der Waals surface area contributed by atoms with E-state index in [1.54, 1.807) is 0 Å². The van der Waals surface area contributed by atoms with Gasteiger partial charge in [0.1, 0.15) is 19.8 Å². The number of phosphoric acid groups is 1. The Bertz CT molecular complexity index is 1410. The van der Waals surface area contributed by atoms with Crippen LogP contribution in [0.25, 0.3) is 0 Å². The first-order chi connectivity index (χ1) is 34.0. The Kier molecular flexibility index (Phi) is 49.5. The smallest absolute Gasteiger partial charge is 0.306 e. The molecule has 0 radical (unpaired) electrons. The highest BCUT2D eigenvalue weighted by Gasteiger charge is 2.21. The maximum atomic E-state index is 12.8. The van der Waals surface area contributed by atoms with Crippen LogP contribution in [-0.4, -0.2) is 70.0 Å². The first-order valence-electron chi connectivity index (χ1n) is 28.6. The molecule has 0 N–H and O–H groups in total. The fourth-order valence-corrected chi connectivity index (χ4v) is 8.52. The quantitative estimate of drug-likeness (QED) is 0.0195. The number of quaternary nitrogens is 1.